The van der Waals surface area contributed by atoms with Gasteiger partial charge in [-0.15, -0.1) is 0 Å². The Bertz CT molecular complexity index is 340. The van der Waals surface area contributed by atoms with Crippen molar-refractivity contribution in [1.29, 1.82) is 0 Å². The van der Waals surface area contributed by atoms with E-state index in [1.54, 1.807) is 25.6 Å². The molecule has 1 aromatic heterocycles. The smallest absolute Gasteiger partial charge is 0.166 e. The van der Waals surface area contributed by atoms with Gasteiger partial charge < -0.3 is 10.1 Å². The van der Waals surface area contributed by atoms with E-state index in [0.717, 1.165) is 0 Å². The molecule has 1 aromatic rings. The molecule has 1 aliphatic carbocycles. The summed E-state index contributed by atoms with van der Waals surface area (Å²) in [5.41, 5.74) is 0. The van der Waals surface area contributed by atoms with Crippen LogP contribution in [0.15, 0.2) is 18.5 Å². The Morgan fingerprint density at radius 3 is 2.73 bits per heavy atom. The van der Waals surface area contributed by atoms with E-state index in [1.807, 2.05) is 0 Å². The van der Waals surface area contributed by atoms with Crippen LogP contribution in [0.1, 0.15) is 24.8 Å². The van der Waals surface area contributed by atoms with Crippen molar-refractivity contribution in [2.45, 2.75) is 25.0 Å². The quantitative estimate of drug-likeness (QED) is 0.778. The fourth-order valence-electron chi connectivity index (χ4n) is 1.28. The Balaban J connectivity index is 2.05. The largest absolute Gasteiger partial charge is 0.374 e. The number of nitrogens with one attached hydrogen (secondary N) is 1. The van der Waals surface area contributed by atoms with Crippen LogP contribution < -0.4 is 5.32 Å². The van der Waals surface area contributed by atoms with Crippen molar-refractivity contribution in [3.8, 4) is 0 Å². The summed E-state index contributed by atoms with van der Waals surface area (Å²) < 4.78 is 5.30. The Labute approximate surface area is 94.1 Å². The highest BCUT2D eigenvalue weighted by Gasteiger charge is 2.26. The highest BCUT2D eigenvalue weighted by atomic mass is 32.1. The van der Waals surface area contributed by atoms with Crippen LogP contribution in [0.4, 0.5) is 0 Å². The molecule has 1 heterocycles. The molecule has 1 atom stereocenters. The predicted octanol–water partition coefficient (Wildman–Crippen LogP) is 1.24. The normalized spacial score (nSPS) is 17.1. The molecule has 1 unspecified atom stereocenters. The van der Waals surface area contributed by atoms with Crippen molar-refractivity contribution >= 4 is 17.2 Å². The van der Waals surface area contributed by atoms with Gasteiger partial charge >= 0.3 is 0 Å². The van der Waals surface area contributed by atoms with Crippen LogP contribution in [0.2, 0.25) is 0 Å². The molecule has 0 aliphatic heterocycles. The number of hydrogen-bond donors (Lipinski definition) is 1. The standard InChI is InChI=1S/C10H13N3OS/c1-14-8(9-11-5-2-6-12-9)10(15)13-7-3-4-7/h2,5-8H,3-4H2,1H3,(H,13,15). The maximum absolute atomic E-state index is 5.30. The Morgan fingerprint density at radius 1 is 1.53 bits per heavy atom. The molecule has 0 radical (unpaired) electrons. The molecule has 80 valence electrons. The van der Waals surface area contributed by atoms with E-state index in [2.05, 4.69) is 15.3 Å². The van der Waals surface area contributed by atoms with Gasteiger partial charge in [0.25, 0.3) is 0 Å². The van der Waals surface area contributed by atoms with Crippen molar-refractivity contribution in [2.24, 2.45) is 0 Å². The number of hydrogen-bond acceptors (Lipinski definition) is 4. The van der Waals surface area contributed by atoms with Gasteiger partial charge in [0.15, 0.2) is 11.9 Å². The summed E-state index contributed by atoms with van der Waals surface area (Å²) in [4.78, 5) is 8.94. The molecule has 1 fully saturated rings. The average Bonchev–Trinajstić information content (AvgIpc) is 3.04. The third-order valence-corrected chi connectivity index (χ3v) is 2.55. The molecular weight excluding hydrogens is 210 g/mol. The zero-order chi connectivity index (χ0) is 10.7. The first-order chi connectivity index (χ1) is 7.31. The highest BCUT2D eigenvalue weighted by Crippen LogP contribution is 2.21. The molecule has 0 spiro atoms. The lowest BCUT2D eigenvalue weighted by molar-refractivity contribution is 0.149. The second-order valence-corrected chi connectivity index (χ2v) is 3.95. The number of thiocarbonyl (C=S) groups is 1. The summed E-state index contributed by atoms with van der Waals surface area (Å²) in [6, 6.07) is 2.30. The topological polar surface area (TPSA) is 47.0 Å². The van der Waals surface area contributed by atoms with E-state index in [9.17, 15) is 0 Å². The molecule has 4 nitrogen and oxygen atoms in total. The van der Waals surface area contributed by atoms with E-state index in [1.165, 1.54) is 12.8 Å². The minimum absolute atomic E-state index is 0.332. The van der Waals surface area contributed by atoms with Gasteiger partial charge in [0.05, 0.1) is 0 Å². The molecule has 0 amide bonds. The van der Waals surface area contributed by atoms with Crippen LogP contribution in [0, 0.1) is 0 Å². The van der Waals surface area contributed by atoms with Crippen LogP contribution in [0.25, 0.3) is 0 Å². The van der Waals surface area contributed by atoms with Gasteiger partial charge in [-0.1, -0.05) is 12.2 Å². The van der Waals surface area contributed by atoms with Crippen LogP contribution >= 0.6 is 12.2 Å². The van der Waals surface area contributed by atoms with E-state index in [4.69, 9.17) is 17.0 Å². The lowest BCUT2D eigenvalue weighted by Gasteiger charge is -2.15. The van der Waals surface area contributed by atoms with Gasteiger partial charge in [-0.25, -0.2) is 9.97 Å². The maximum atomic E-state index is 5.30. The van der Waals surface area contributed by atoms with E-state index in [-0.39, 0.29) is 6.10 Å². The summed E-state index contributed by atoms with van der Waals surface area (Å²) >= 11 is 5.26. The molecule has 0 aromatic carbocycles. The number of aromatic nitrogens is 2. The summed E-state index contributed by atoms with van der Waals surface area (Å²) in [6.45, 7) is 0. The molecule has 1 aliphatic rings. The zero-order valence-corrected chi connectivity index (χ0v) is 9.33. The predicted molar refractivity (Wildman–Crippen MR) is 60.5 cm³/mol. The number of ether oxygens (including phenoxy) is 1. The summed E-state index contributed by atoms with van der Waals surface area (Å²) in [5.74, 6) is 0.609. The van der Waals surface area contributed by atoms with Gasteiger partial charge in [0.2, 0.25) is 0 Å². The first kappa shape index (κ1) is 10.4. The molecule has 5 heteroatoms. The SMILES string of the molecule is COC(C(=S)NC1CC1)c1ncccn1. The van der Waals surface area contributed by atoms with Gasteiger partial charge in [0.1, 0.15) is 4.99 Å². The van der Waals surface area contributed by atoms with Gasteiger partial charge in [0, 0.05) is 25.5 Å². The second kappa shape index (κ2) is 4.63. The fraction of sp³-hybridized carbons (Fsp3) is 0.500. The molecule has 0 saturated heterocycles. The van der Waals surface area contributed by atoms with Crippen LogP contribution in [-0.4, -0.2) is 28.1 Å². The summed E-state index contributed by atoms with van der Waals surface area (Å²) in [5, 5.41) is 3.23. The lowest BCUT2D eigenvalue weighted by Crippen LogP contribution is -2.31. The van der Waals surface area contributed by atoms with Gasteiger partial charge in [-0.3, -0.25) is 0 Å². The van der Waals surface area contributed by atoms with E-state index < -0.39 is 0 Å². The van der Waals surface area contributed by atoms with Crippen LogP contribution in [-0.2, 0) is 4.74 Å². The number of rotatable bonds is 4. The third kappa shape index (κ3) is 2.70. The van der Waals surface area contributed by atoms with Gasteiger partial charge in [-0.05, 0) is 18.9 Å². The molecule has 1 saturated carbocycles. The summed E-state index contributed by atoms with van der Waals surface area (Å²) in [6.07, 6.45) is 5.42. The van der Waals surface area contributed by atoms with Crippen LogP contribution in [0.5, 0.6) is 0 Å². The average molecular weight is 223 g/mol. The minimum Gasteiger partial charge on any atom is -0.374 e. The first-order valence-electron chi connectivity index (χ1n) is 4.91. The number of nitrogens with zero attached hydrogens (tertiary/aromatic N) is 2. The lowest BCUT2D eigenvalue weighted by atomic mass is 10.3. The van der Waals surface area contributed by atoms with Crippen molar-refractivity contribution in [3.05, 3.63) is 24.3 Å². The zero-order valence-electron chi connectivity index (χ0n) is 8.51. The first-order valence-corrected chi connectivity index (χ1v) is 5.32. The van der Waals surface area contributed by atoms with Gasteiger partial charge in [-0.2, -0.15) is 0 Å². The van der Waals surface area contributed by atoms with Crippen LogP contribution in [0.3, 0.4) is 0 Å². The molecular formula is C10H13N3OS. The second-order valence-electron chi connectivity index (χ2n) is 3.51. The van der Waals surface area contributed by atoms with E-state index in [0.29, 0.717) is 16.9 Å². The summed E-state index contributed by atoms with van der Waals surface area (Å²) in [7, 11) is 1.61. The molecule has 1 N–H and O–H groups in total. The third-order valence-electron chi connectivity index (χ3n) is 2.22. The minimum atomic E-state index is -0.332. The van der Waals surface area contributed by atoms with Crippen molar-refractivity contribution in [3.63, 3.8) is 0 Å². The highest BCUT2D eigenvalue weighted by molar-refractivity contribution is 7.80. The Kier molecular flexibility index (Phi) is 3.23. The fourth-order valence-corrected chi connectivity index (χ4v) is 1.65. The van der Waals surface area contributed by atoms with Crippen molar-refractivity contribution < 1.29 is 4.74 Å². The molecule has 0 bridgehead atoms. The molecule has 2 rings (SSSR count). The number of methoxy groups -OCH3 is 1. The molecule has 15 heavy (non-hydrogen) atoms. The Morgan fingerprint density at radius 2 is 2.20 bits per heavy atom. The van der Waals surface area contributed by atoms with Crippen molar-refractivity contribution in [2.75, 3.05) is 7.11 Å². The Hall–Kier alpha value is -1.07. The monoisotopic (exact) mass is 223 g/mol. The maximum Gasteiger partial charge on any atom is 0.166 e. The van der Waals surface area contributed by atoms with E-state index >= 15 is 0 Å². The van der Waals surface area contributed by atoms with Crippen molar-refractivity contribution in [1.82, 2.24) is 15.3 Å².